The van der Waals surface area contributed by atoms with Crippen molar-refractivity contribution in [2.45, 2.75) is 52.6 Å². The molecule has 12 heavy (non-hydrogen) atoms. The Morgan fingerprint density at radius 2 is 1.58 bits per heavy atom. The van der Waals surface area contributed by atoms with E-state index < -0.39 is 0 Å². The third-order valence-electron chi connectivity index (χ3n) is 2.42. The minimum atomic E-state index is -0.0568. The first kappa shape index (κ1) is 11.5. The van der Waals surface area contributed by atoms with Gasteiger partial charge in [0.2, 0.25) is 5.91 Å². The zero-order valence-corrected chi connectivity index (χ0v) is 8.63. The van der Waals surface area contributed by atoms with Gasteiger partial charge in [-0.05, 0) is 26.7 Å². The van der Waals surface area contributed by atoms with E-state index in [1.54, 1.807) is 0 Å². The molecule has 0 saturated heterocycles. The Bertz CT molecular complexity index is 135. The lowest BCUT2D eigenvalue weighted by Gasteiger charge is -2.32. The Labute approximate surface area is 75.9 Å². The second kappa shape index (κ2) is 5.18. The van der Waals surface area contributed by atoms with Crippen molar-refractivity contribution in [3.05, 3.63) is 6.92 Å². The zero-order chi connectivity index (χ0) is 9.72. The third-order valence-corrected chi connectivity index (χ3v) is 2.42. The summed E-state index contributed by atoms with van der Waals surface area (Å²) < 4.78 is 0. The lowest BCUT2D eigenvalue weighted by Crippen LogP contribution is -2.43. The highest BCUT2D eigenvalue weighted by molar-refractivity contribution is 5.80. The highest BCUT2D eigenvalue weighted by Gasteiger charge is 2.19. The van der Waals surface area contributed by atoms with E-state index in [1.807, 2.05) is 4.90 Å². The fourth-order valence-corrected chi connectivity index (χ4v) is 1.32. The van der Waals surface area contributed by atoms with Crippen LogP contribution in [0.3, 0.4) is 0 Å². The van der Waals surface area contributed by atoms with E-state index in [0.29, 0.717) is 12.1 Å². The molecule has 0 fully saturated rings. The maximum atomic E-state index is 11.2. The van der Waals surface area contributed by atoms with E-state index in [9.17, 15) is 4.79 Å². The lowest BCUT2D eigenvalue weighted by atomic mass is 10.1. The van der Waals surface area contributed by atoms with Crippen LogP contribution in [0.15, 0.2) is 0 Å². The summed E-state index contributed by atoms with van der Waals surface area (Å²) in [4.78, 5) is 13.0. The summed E-state index contributed by atoms with van der Waals surface area (Å²) in [6, 6.07) is 0.620. The van der Waals surface area contributed by atoms with Crippen molar-refractivity contribution in [3.8, 4) is 0 Å². The van der Waals surface area contributed by atoms with Gasteiger partial charge in [-0.1, -0.05) is 13.8 Å². The van der Waals surface area contributed by atoms with Gasteiger partial charge < -0.3 is 4.90 Å². The summed E-state index contributed by atoms with van der Waals surface area (Å²) in [6.45, 7) is 11.8. The van der Waals surface area contributed by atoms with Crippen LogP contribution < -0.4 is 0 Å². The van der Waals surface area contributed by atoms with Gasteiger partial charge in [0, 0.05) is 19.0 Å². The third kappa shape index (κ3) is 2.84. The van der Waals surface area contributed by atoms with E-state index in [0.717, 1.165) is 12.8 Å². The average Bonchev–Trinajstić information content (AvgIpc) is 2.03. The van der Waals surface area contributed by atoms with Crippen LogP contribution in [0.1, 0.15) is 40.5 Å². The van der Waals surface area contributed by atoms with Crippen molar-refractivity contribution in [1.29, 1.82) is 0 Å². The molecule has 0 aliphatic heterocycles. The predicted octanol–water partition coefficient (Wildman–Crippen LogP) is 2.25. The molecule has 0 aromatic heterocycles. The molecule has 0 N–H and O–H groups in total. The van der Waals surface area contributed by atoms with Gasteiger partial charge in [-0.15, -0.1) is 0 Å². The van der Waals surface area contributed by atoms with Crippen LogP contribution in [-0.4, -0.2) is 22.9 Å². The fourth-order valence-electron chi connectivity index (χ4n) is 1.32. The summed E-state index contributed by atoms with van der Waals surface area (Å²) in [5, 5.41) is 0. The fraction of sp³-hybridized carbons (Fsp3) is 0.800. The molecule has 0 aromatic rings. The molecule has 1 amide bonds. The minimum Gasteiger partial charge on any atom is -0.337 e. The monoisotopic (exact) mass is 170 g/mol. The number of carbonyl (C=O) groups is 1. The van der Waals surface area contributed by atoms with Gasteiger partial charge in [-0.2, -0.15) is 0 Å². The number of carbonyl (C=O) groups excluding carboxylic acids is 1. The largest absolute Gasteiger partial charge is 0.337 e. The van der Waals surface area contributed by atoms with Crippen LogP contribution in [0.4, 0.5) is 0 Å². The van der Waals surface area contributed by atoms with Gasteiger partial charge in [0.25, 0.3) is 0 Å². The summed E-state index contributed by atoms with van der Waals surface area (Å²) in [7, 11) is 0. The highest BCUT2D eigenvalue weighted by atomic mass is 16.2. The standard InChI is InChI=1S/C10H20NO/c1-6-8(3)11(10(5)12)9(4)7-2/h8-9H,5-7H2,1-4H3. The first-order valence-corrected chi connectivity index (χ1v) is 4.68. The molecular formula is C10H20NO. The molecule has 0 heterocycles. The molecule has 0 aromatic carbocycles. The first-order chi connectivity index (χ1) is 5.54. The molecule has 0 rings (SSSR count). The van der Waals surface area contributed by atoms with Gasteiger partial charge in [0.15, 0.2) is 0 Å². The number of amides is 1. The van der Waals surface area contributed by atoms with Crippen LogP contribution in [0.2, 0.25) is 0 Å². The Morgan fingerprint density at radius 1 is 1.25 bits per heavy atom. The van der Waals surface area contributed by atoms with Crippen molar-refractivity contribution in [1.82, 2.24) is 4.90 Å². The highest BCUT2D eigenvalue weighted by Crippen LogP contribution is 2.11. The number of hydrogen-bond donors (Lipinski definition) is 0. The Kier molecular flexibility index (Phi) is 4.95. The smallest absolute Gasteiger partial charge is 0.223 e. The van der Waals surface area contributed by atoms with Gasteiger partial charge >= 0.3 is 0 Å². The maximum Gasteiger partial charge on any atom is 0.223 e. The van der Waals surface area contributed by atoms with Crippen molar-refractivity contribution >= 4 is 5.91 Å². The summed E-state index contributed by atoms with van der Waals surface area (Å²) in [6.07, 6.45) is 1.98. The van der Waals surface area contributed by atoms with Crippen LogP contribution in [0.25, 0.3) is 0 Å². The van der Waals surface area contributed by atoms with Crippen molar-refractivity contribution in [3.63, 3.8) is 0 Å². The predicted molar refractivity (Wildman–Crippen MR) is 51.7 cm³/mol. The Balaban J connectivity index is 4.32. The number of hydrogen-bond acceptors (Lipinski definition) is 1. The van der Waals surface area contributed by atoms with E-state index in [-0.39, 0.29) is 5.91 Å². The molecule has 1 radical (unpaired) electrons. The SMILES string of the molecule is [CH2]C(=O)N(C(C)CC)C(C)CC. The molecule has 2 nitrogen and oxygen atoms in total. The van der Waals surface area contributed by atoms with Gasteiger partial charge in [0.1, 0.15) is 0 Å². The summed E-state index contributed by atoms with van der Waals surface area (Å²) in [5.41, 5.74) is 0. The molecule has 2 heteroatoms. The van der Waals surface area contributed by atoms with Gasteiger partial charge in [-0.3, -0.25) is 4.79 Å². The van der Waals surface area contributed by atoms with Crippen LogP contribution in [-0.2, 0) is 4.79 Å². The van der Waals surface area contributed by atoms with Crippen molar-refractivity contribution in [2.24, 2.45) is 0 Å². The van der Waals surface area contributed by atoms with Crippen LogP contribution in [0, 0.1) is 6.92 Å². The zero-order valence-electron chi connectivity index (χ0n) is 8.63. The molecule has 0 bridgehead atoms. The quantitative estimate of drug-likeness (QED) is 0.633. The summed E-state index contributed by atoms with van der Waals surface area (Å²) >= 11 is 0. The second-order valence-corrected chi connectivity index (χ2v) is 3.32. The van der Waals surface area contributed by atoms with Crippen LogP contribution >= 0.6 is 0 Å². The first-order valence-electron chi connectivity index (χ1n) is 4.68. The topological polar surface area (TPSA) is 20.3 Å². The second-order valence-electron chi connectivity index (χ2n) is 3.32. The van der Waals surface area contributed by atoms with Gasteiger partial charge in [0.05, 0.1) is 0 Å². The van der Waals surface area contributed by atoms with E-state index >= 15 is 0 Å². The van der Waals surface area contributed by atoms with E-state index in [2.05, 4.69) is 34.6 Å². The maximum absolute atomic E-state index is 11.2. The van der Waals surface area contributed by atoms with Crippen LogP contribution in [0.5, 0.6) is 0 Å². The Hall–Kier alpha value is -0.530. The number of nitrogens with zero attached hydrogens (tertiary/aromatic N) is 1. The molecular weight excluding hydrogens is 150 g/mol. The molecule has 0 saturated carbocycles. The molecule has 2 unspecified atom stereocenters. The number of rotatable bonds is 4. The van der Waals surface area contributed by atoms with Crippen molar-refractivity contribution < 1.29 is 4.79 Å². The minimum absolute atomic E-state index is 0.0568. The Morgan fingerprint density at radius 3 is 1.75 bits per heavy atom. The lowest BCUT2D eigenvalue weighted by molar-refractivity contribution is -0.130. The average molecular weight is 170 g/mol. The summed E-state index contributed by atoms with van der Waals surface area (Å²) in [5.74, 6) is -0.0568. The molecule has 2 atom stereocenters. The molecule has 0 aliphatic rings. The normalized spacial score (nSPS) is 15.4. The van der Waals surface area contributed by atoms with E-state index in [4.69, 9.17) is 0 Å². The van der Waals surface area contributed by atoms with Gasteiger partial charge in [-0.25, -0.2) is 0 Å². The molecule has 0 spiro atoms. The molecule has 0 aliphatic carbocycles. The van der Waals surface area contributed by atoms with Crippen molar-refractivity contribution in [2.75, 3.05) is 0 Å². The molecule has 71 valence electrons. The van der Waals surface area contributed by atoms with E-state index in [1.165, 1.54) is 0 Å².